The molecule has 0 spiro atoms. The first-order valence-electron chi connectivity index (χ1n) is 17.8. The Morgan fingerprint density at radius 1 is 0.308 bits per heavy atom. The standard InChI is InChI=1S/C50H36N2/c1-33-29-39(47-19-8-10-27-51-47)22-24-41(33)49-43-17-6-7-18-44(43)50(42-25-23-40(30-34(42)2)48-20-9-11-28-52-48)46-32-38(21-26-45(46)49)37-16-12-15-36(31-37)35-13-4-3-5-14-35/h3-32H,1-2H3. The Morgan fingerprint density at radius 2 is 0.769 bits per heavy atom. The lowest BCUT2D eigenvalue weighted by molar-refractivity contribution is 1.32. The number of hydrogen-bond acceptors (Lipinski definition) is 2. The van der Waals surface area contributed by atoms with Crippen LogP contribution >= 0.6 is 0 Å². The zero-order chi connectivity index (χ0) is 35.0. The average molecular weight is 665 g/mol. The second kappa shape index (κ2) is 13.2. The SMILES string of the molecule is Cc1cc(-c2ccccn2)ccc1-c1c2ccccc2c(-c2ccc(-c3ccccn3)cc2C)c2cc(-c3cccc(-c4ccccc4)c3)ccc12. The van der Waals surface area contributed by atoms with Crippen molar-refractivity contribution in [3.8, 4) is 67.0 Å². The molecule has 0 unspecified atom stereocenters. The van der Waals surface area contributed by atoms with Crippen molar-refractivity contribution in [1.82, 2.24) is 9.97 Å². The molecule has 52 heavy (non-hydrogen) atoms. The van der Waals surface area contributed by atoms with E-state index in [-0.39, 0.29) is 0 Å². The van der Waals surface area contributed by atoms with E-state index in [1.807, 2.05) is 36.7 Å². The summed E-state index contributed by atoms with van der Waals surface area (Å²) in [5.74, 6) is 0. The van der Waals surface area contributed by atoms with Gasteiger partial charge in [-0.1, -0.05) is 121 Å². The maximum absolute atomic E-state index is 4.64. The van der Waals surface area contributed by atoms with Gasteiger partial charge in [-0.15, -0.1) is 0 Å². The Morgan fingerprint density at radius 3 is 1.33 bits per heavy atom. The maximum atomic E-state index is 4.64. The number of aryl methyl sites for hydroxylation is 2. The molecule has 0 saturated carbocycles. The van der Waals surface area contributed by atoms with Gasteiger partial charge in [-0.3, -0.25) is 9.97 Å². The number of aromatic nitrogens is 2. The molecule has 2 nitrogen and oxygen atoms in total. The van der Waals surface area contributed by atoms with Crippen LogP contribution < -0.4 is 0 Å². The Labute approximate surface area is 304 Å². The molecule has 0 aliphatic carbocycles. The average Bonchev–Trinajstić information content (AvgIpc) is 3.21. The first kappa shape index (κ1) is 31.3. The second-order valence-corrected chi connectivity index (χ2v) is 13.5. The van der Waals surface area contributed by atoms with E-state index in [0.29, 0.717) is 0 Å². The van der Waals surface area contributed by atoms with E-state index in [2.05, 4.69) is 169 Å². The highest BCUT2D eigenvalue weighted by Gasteiger charge is 2.20. The summed E-state index contributed by atoms with van der Waals surface area (Å²) in [4.78, 5) is 9.27. The Bertz CT molecular complexity index is 2730. The van der Waals surface area contributed by atoms with Crippen molar-refractivity contribution < 1.29 is 0 Å². The molecular formula is C50H36N2. The highest BCUT2D eigenvalue weighted by Crippen LogP contribution is 2.47. The van der Waals surface area contributed by atoms with E-state index >= 15 is 0 Å². The second-order valence-electron chi connectivity index (χ2n) is 13.5. The first-order valence-corrected chi connectivity index (χ1v) is 17.8. The quantitative estimate of drug-likeness (QED) is 0.165. The van der Waals surface area contributed by atoms with Gasteiger partial charge < -0.3 is 0 Å². The molecular weight excluding hydrogens is 629 g/mol. The van der Waals surface area contributed by atoms with Crippen LogP contribution in [0.4, 0.5) is 0 Å². The minimum absolute atomic E-state index is 0.979. The van der Waals surface area contributed by atoms with Crippen LogP contribution in [0, 0.1) is 13.8 Å². The summed E-state index contributed by atoms with van der Waals surface area (Å²) in [7, 11) is 0. The van der Waals surface area contributed by atoms with Crippen LogP contribution in [0.1, 0.15) is 11.1 Å². The topological polar surface area (TPSA) is 25.8 Å². The van der Waals surface area contributed by atoms with Crippen molar-refractivity contribution >= 4 is 21.5 Å². The first-order chi connectivity index (χ1) is 25.6. The van der Waals surface area contributed by atoms with Crippen LogP contribution in [0.15, 0.2) is 182 Å². The molecule has 2 heteroatoms. The van der Waals surface area contributed by atoms with Gasteiger partial charge in [0.1, 0.15) is 0 Å². The number of hydrogen-bond donors (Lipinski definition) is 0. The van der Waals surface area contributed by atoms with E-state index in [0.717, 1.165) is 22.5 Å². The van der Waals surface area contributed by atoms with Gasteiger partial charge in [-0.2, -0.15) is 0 Å². The van der Waals surface area contributed by atoms with Crippen molar-refractivity contribution in [1.29, 1.82) is 0 Å². The summed E-state index contributed by atoms with van der Waals surface area (Å²) in [6, 6.07) is 61.2. The summed E-state index contributed by atoms with van der Waals surface area (Å²) in [5.41, 5.74) is 16.4. The van der Waals surface area contributed by atoms with Crippen LogP contribution in [0.3, 0.4) is 0 Å². The van der Waals surface area contributed by atoms with Gasteiger partial charge in [0, 0.05) is 23.5 Å². The number of fused-ring (bicyclic) bond motifs is 2. The van der Waals surface area contributed by atoms with Gasteiger partial charge in [0.05, 0.1) is 11.4 Å². The summed E-state index contributed by atoms with van der Waals surface area (Å²) in [6.07, 6.45) is 3.72. The Balaban J connectivity index is 1.31. The van der Waals surface area contributed by atoms with Crippen LogP contribution in [-0.2, 0) is 0 Å². The monoisotopic (exact) mass is 664 g/mol. The van der Waals surface area contributed by atoms with Crippen molar-refractivity contribution in [2.24, 2.45) is 0 Å². The number of rotatable bonds is 6. The lowest BCUT2D eigenvalue weighted by Crippen LogP contribution is -1.95. The summed E-state index contributed by atoms with van der Waals surface area (Å²) in [6.45, 7) is 4.45. The predicted molar refractivity (Wildman–Crippen MR) is 219 cm³/mol. The molecule has 0 radical (unpaired) electrons. The third kappa shape index (κ3) is 5.65. The van der Waals surface area contributed by atoms with Crippen LogP contribution in [0.25, 0.3) is 88.6 Å². The van der Waals surface area contributed by atoms with Crippen molar-refractivity contribution in [2.45, 2.75) is 13.8 Å². The molecule has 0 fully saturated rings. The Hall–Kier alpha value is -6.64. The molecule has 2 heterocycles. The normalized spacial score (nSPS) is 11.3. The highest BCUT2D eigenvalue weighted by molar-refractivity contribution is 6.22. The van der Waals surface area contributed by atoms with Gasteiger partial charge in [0.25, 0.3) is 0 Å². The molecule has 0 aliphatic rings. The third-order valence-electron chi connectivity index (χ3n) is 10.2. The molecule has 9 aromatic rings. The Kier molecular flexibility index (Phi) is 7.98. The smallest absolute Gasteiger partial charge is 0.0702 e. The zero-order valence-electron chi connectivity index (χ0n) is 29.2. The summed E-state index contributed by atoms with van der Waals surface area (Å²) in [5, 5.41) is 4.95. The minimum atomic E-state index is 0.979. The van der Waals surface area contributed by atoms with E-state index < -0.39 is 0 Å². The third-order valence-corrected chi connectivity index (χ3v) is 10.2. The van der Waals surface area contributed by atoms with E-state index in [1.54, 1.807) is 0 Å². The highest BCUT2D eigenvalue weighted by atomic mass is 14.7. The molecule has 0 atom stereocenters. The van der Waals surface area contributed by atoms with Gasteiger partial charge in [0.2, 0.25) is 0 Å². The van der Waals surface area contributed by atoms with E-state index in [4.69, 9.17) is 0 Å². The molecule has 246 valence electrons. The fourth-order valence-corrected chi connectivity index (χ4v) is 7.72. The lowest BCUT2D eigenvalue weighted by atomic mass is 9.82. The largest absolute Gasteiger partial charge is 0.256 e. The minimum Gasteiger partial charge on any atom is -0.256 e. The van der Waals surface area contributed by atoms with Crippen LogP contribution in [-0.4, -0.2) is 9.97 Å². The van der Waals surface area contributed by atoms with Crippen LogP contribution in [0.5, 0.6) is 0 Å². The van der Waals surface area contributed by atoms with Gasteiger partial charge in [-0.25, -0.2) is 0 Å². The molecule has 9 rings (SSSR count). The molecule has 0 amide bonds. The van der Waals surface area contributed by atoms with Gasteiger partial charge in [-0.05, 0) is 140 Å². The van der Waals surface area contributed by atoms with Crippen molar-refractivity contribution in [2.75, 3.05) is 0 Å². The lowest BCUT2D eigenvalue weighted by Gasteiger charge is -2.21. The number of benzene rings is 7. The van der Waals surface area contributed by atoms with Crippen molar-refractivity contribution in [3.05, 3.63) is 193 Å². The number of pyridine rings is 2. The summed E-state index contributed by atoms with van der Waals surface area (Å²) >= 11 is 0. The molecule has 0 bridgehead atoms. The van der Waals surface area contributed by atoms with E-state index in [1.165, 1.54) is 77.2 Å². The molecule has 2 aromatic heterocycles. The summed E-state index contributed by atoms with van der Waals surface area (Å²) < 4.78 is 0. The molecule has 7 aromatic carbocycles. The fourth-order valence-electron chi connectivity index (χ4n) is 7.72. The fraction of sp³-hybridized carbons (Fsp3) is 0.0400. The number of nitrogens with zero attached hydrogens (tertiary/aromatic N) is 2. The van der Waals surface area contributed by atoms with Crippen LogP contribution in [0.2, 0.25) is 0 Å². The van der Waals surface area contributed by atoms with Crippen molar-refractivity contribution in [3.63, 3.8) is 0 Å². The molecule has 0 saturated heterocycles. The van der Waals surface area contributed by atoms with E-state index in [9.17, 15) is 0 Å². The predicted octanol–water partition coefficient (Wildman–Crippen LogP) is 13.4. The zero-order valence-corrected chi connectivity index (χ0v) is 29.2. The molecule has 0 aliphatic heterocycles. The maximum Gasteiger partial charge on any atom is 0.0702 e. The van der Waals surface area contributed by atoms with Gasteiger partial charge >= 0.3 is 0 Å². The molecule has 0 N–H and O–H groups in total. The van der Waals surface area contributed by atoms with Gasteiger partial charge in [0.15, 0.2) is 0 Å².